The summed E-state index contributed by atoms with van der Waals surface area (Å²) in [5.41, 5.74) is -0.687. The summed E-state index contributed by atoms with van der Waals surface area (Å²) in [5.74, 6) is -2.91. The minimum absolute atomic E-state index is 0.0871. The van der Waals surface area contributed by atoms with E-state index in [0.717, 1.165) is 0 Å². The largest absolute Gasteiger partial charge is 0.466 e. The van der Waals surface area contributed by atoms with Gasteiger partial charge in [0.1, 0.15) is 11.6 Å². The molecule has 0 saturated carbocycles. The summed E-state index contributed by atoms with van der Waals surface area (Å²) in [6.45, 7) is 9.49. The van der Waals surface area contributed by atoms with Crippen molar-refractivity contribution in [3.8, 4) is 0 Å². The van der Waals surface area contributed by atoms with Gasteiger partial charge in [-0.25, -0.2) is 0 Å². The number of halogens is 1. The molecule has 7 atom stereocenters. The quantitative estimate of drug-likeness (QED) is 0.377. The van der Waals surface area contributed by atoms with Gasteiger partial charge in [-0.1, -0.05) is 50.1 Å². The van der Waals surface area contributed by atoms with Crippen molar-refractivity contribution in [1.29, 1.82) is 0 Å². The summed E-state index contributed by atoms with van der Waals surface area (Å²) >= 11 is 6.48. The van der Waals surface area contributed by atoms with Crippen LogP contribution in [0, 0.1) is 17.8 Å². The standard InChI is InChI=1S/C27H35ClN2O6/c1-5-14-29(18-11-9-8-10-17(18)28)25(33)23-27-13-12-20(36-27)21(26(34)35-7-3)22(27)24(32)30(23)19(15-31)16(4)6-2/h5,8-11,16,19-23,31H,1,6-7,12-15H2,2-4H3/t16-,19-,20-,21+,22-,23?,27?/m0/s1. The Morgan fingerprint density at radius 3 is 2.72 bits per heavy atom. The number of aliphatic hydroxyl groups is 1. The second-order valence-corrected chi connectivity index (χ2v) is 10.3. The first-order chi connectivity index (χ1) is 17.3. The smallest absolute Gasteiger partial charge is 0.312 e. The summed E-state index contributed by atoms with van der Waals surface area (Å²) in [6, 6.07) is 5.36. The van der Waals surface area contributed by atoms with Crippen molar-refractivity contribution in [3.05, 3.63) is 41.9 Å². The maximum Gasteiger partial charge on any atom is 0.312 e. The first kappa shape index (κ1) is 26.6. The molecule has 36 heavy (non-hydrogen) atoms. The highest BCUT2D eigenvalue weighted by molar-refractivity contribution is 6.34. The van der Waals surface area contributed by atoms with Gasteiger partial charge in [-0.05, 0) is 37.8 Å². The molecule has 9 heteroatoms. The van der Waals surface area contributed by atoms with E-state index in [1.54, 1.807) is 37.3 Å². The average Bonchev–Trinajstić information content (AvgIpc) is 3.51. The maximum atomic E-state index is 14.5. The monoisotopic (exact) mass is 518 g/mol. The number of nitrogens with zero attached hydrogens (tertiary/aromatic N) is 2. The molecule has 3 fully saturated rings. The minimum Gasteiger partial charge on any atom is -0.466 e. The molecule has 3 aliphatic rings. The summed E-state index contributed by atoms with van der Waals surface area (Å²) < 4.78 is 11.8. The van der Waals surface area contributed by atoms with Gasteiger partial charge in [0.15, 0.2) is 0 Å². The van der Waals surface area contributed by atoms with Crippen molar-refractivity contribution in [2.45, 2.75) is 63.8 Å². The number of hydrogen-bond donors (Lipinski definition) is 1. The molecule has 0 aromatic heterocycles. The summed E-state index contributed by atoms with van der Waals surface area (Å²) in [5, 5.41) is 10.8. The molecule has 1 spiro atoms. The number of fused-ring (bicyclic) bond motifs is 1. The maximum absolute atomic E-state index is 14.5. The van der Waals surface area contributed by atoms with E-state index in [4.69, 9.17) is 21.1 Å². The van der Waals surface area contributed by atoms with Crippen LogP contribution in [0.5, 0.6) is 0 Å². The first-order valence-electron chi connectivity index (χ1n) is 12.7. The van der Waals surface area contributed by atoms with E-state index in [0.29, 0.717) is 30.0 Å². The molecule has 3 heterocycles. The molecule has 196 valence electrons. The van der Waals surface area contributed by atoms with Crippen LogP contribution in [0.1, 0.15) is 40.0 Å². The van der Waals surface area contributed by atoms with Crippen LogP contribution in [-0.2, 0) is 23.9 Å². The van der Waals surface area contributed by atoms with E-state index >= 15 is 0 Å². The third kappa shape index (κ3) is 4.03. The molecular weight excluding hydrogens is 484 g/mol. The van der Waals surface area contributed by atoms with Crippen LogP contribution in [0.4, 0.5) is 5.69 Å². The lowest BCUT2D eigenvalue weighted by Crippen LogP contribution is -2.60. The van der Waals surface area contributed by atoms with Gasteiger partial charge < -0.3 is 24.4 Å². The van der Waals surface area contributed by atoms with Crippen LogP contribution < -0.4 is 4.90 Å². The van der Waals surface area contributed by atoms with Crippen LogP contribution in [0.2, 0.25) is 5.02 Å². The Morgan fingerprint density at radius 2 is 2.11 bits per heavy atom. The number of rotatable bonds is 10. The number of anilines is 1. The zero-order valence-corrected chi connectivity index (χ0v) is 21.8. The van der Waals surface area contributed by atoms with Gasteiger partial charge in [0, 0.05) is 6.54 Å². The lowest BCUT2D eigenvalue weighted by atomic mass is 9.70. The molecule has 4 rings (SSSR count). The van der Waals surface area contributed by atoms with Gasteiger partial charge in [-0.15, -0.1) is 6.58 Å². The predicted molar refractivity (Wildman–Crippen MR) is 135 cm³/mol. The topological polar surface area (TPSA) is 96.4 Å². The fourth-order valence-corrected chi connectivity index (χ4v) is 6.54. The van der Waals surface area contributed by atoms with E-state index in [1.165, 1.54) is 9.80 Å². The van der Waals surface area contributed by atoms with E-state index in [9.17, 15) is 19.5 Å². The van der Waals surface area contributed by atoms with Gasteiger partial charge in [0.2, 0.25) is 5.91 Å². The Balaban J connectivity index is 1.85. The number of carbonyl (C=O) groups is 3. The number of ether oxygens (including phenoxy) is 2. The Bertz CT molecular complexity index is 1030. The van der Waals surface area contributed by atoms with Crippen LogP contribution in [0.15, 0.2) is 36.9 Å². The highest BCUT2D eigenvalue weighted by Gasteiger charge is 2.75. The third-order valence-corrected chi connectivity index (χ3v) is 8.42. The Morgan fingerprint density at radius 1 is 1.39 bits per heavy atom. The number of carbonyl (C=O) groups excluding carboxylic acids is 3. The first-order valence-corrected chi connectivity index (χ1v) is 13.1. The van der Waals surface area contributed by atoms with Crippen LogP contribution in [-0.4, -0.2) is 71.3 Å². The molecule has 0 radical (unpaired) electrons. The minimum atomic E-state index is -1.18. The molecule has 8 nitrogen and oxygen atoms in total. The Kier molecular flexibility index (Phi) is 7.78. The zero-order valence-electron chi connectivity index (χ0n) is 21.1. The molecule has 2 amide bonds. The van der Waals surface area contributed by atoms with E-state index in [-0.39, 0.29) is 37.5 Å². The molecular formula is C27H35ClN2O6. The van der Waals surface area contributed by atoms with Crippen molar-refractivity contribution in [3.63, 3.8) is 0 Å². The van der Waals surface area contributed by atoms with E-state index < -0.39 is 41.6 Å². The van der Waals surface area contributed by atoms with Gasteiger partial charge in [-0.3, -0.25) is 14.4 Å². The second kappa shape index (κ2) is 10.5. The van der Waals surface area contributed by atoms with Crippen molar-refractivity contribution >= 4 is 35.1 Å². The number of amides is 2. The number of likely N-dealkylation sites (tertiary alicyclic amines) is 1. The number of aliphatic hydroxyl groups excluding tert-OH is 1. The van der Waals surface area contributed by atoms with Crippen LogP contribution in [0.3, 0.4) is 0 Å². The molecule has 3 aliphatic heterocycles. The molecule has 1 aromatic rings. The van der Waals surface area contributed by atoms with Crippen LogP contribution in [0.25, 0.3) is 0 Å². The van der Waals surface area contributed by atoms with Gasteiger partial charge in [0.25, 0.3) is 5.91 Å². The van der Waals surface area contributed by atoms with Crippen molar-refractivity contribution in [1.82, 2.24) is 4.90 Å². The molecule has 2 unspecified atom stereocenters. The number of para-hydroxylation sites is 1. The summed E-state index contributed by atoms with van der Waals surface area (Å²) in [6.07, 6.45) is 2.81. The zero-order chi connectivity index (χ0) is 26.2. The second-order valence-electron chi connectivity index (χ2n) is 9.88. The van der Waals surface area contributed by atoms with E-state index in [1.807, 2.05) is 13.8 Å². The number of hydrogen-bond acceptors (Lipinski definition) is 6. The SMILES string of the molecule is C=CCN(C(=O)C1N([C@@H](CO)[C@@H](C)CC)C(=O)[C@@H]2[C@H](C(=O)OCC)[C@@H]3CCC12O3)c1ccccc1Cl. The molecule has 1 N–H and O–H groups in total. The Hall–Kier alpha value is -2.42. The van der Waals surface area contributed by atoms with Crippen molar-refractivity contribution in [2.24, 2.45) is 17.8 Å². The summed E-state index contributed by atoms with van der Waals surface area (Å²) in [7, 11) is 0. The van der Waals surface area contributed by atoms with Crippen molar-refractivity contribution in [2.75, 3.05) is 24.7 Å². The fraction of sp³-hybridized carbons (Fsp3) is 0.593. The molecule has 2 bridgehead atoms. The highest BCUT2D eigenvalue weighted by Crippen LogP contribution is 2.59. The van der Waals surface area contributed by atoms with Gasteiger partial charge in [-0.2, -0.15) is 0 Å². The normalized spacial score (nSPS) is 30.1. The lowest BCUT2D eigenvalue weighted by molar-refractivity contribution is -0.155. The van der Waals surface area contributed by atoms with Gasteiger partial charge >= 0.3 is 5.97 Å². The average molecular weight is 519 g/mol. The number of benzene rings is 1. The lowest BCUT2D eigenvalue weighted by Gasteiger charge is -2.41. The third-order valence-electron chi connectivity index (χ3n) is 8.10. The predicted octanol–water partition coefficient (Wildman–Crippen LogP) is 3.20. The Labute approximate surface area is 217 Å². The van der Waals surface area contributed by atoms with Crippen LogP contribution >= 0.6 is 11.6 Å². The molecule has 0 aliphatic carbocycles. The summed E-state index contributed by atoms with van der Waals surface area (Å²) in [4.78, 5) is 44.6. The van der Waals surface area contributed by atoms with Crippen molar-refractivity contribution < 1.29 is 29.0 Å². The highest BCUT2D eigenvalue weighted by atomic mass is 35.5. The molecule has 1 aromatic carbocycles. The van der Waals surface area contributed by atoms with E-state index in [2.05, 4.69) is 6.58 Å². The fourth-order valence-electron chi connectivity index (χ4n) is 6.30. The number of esters is 1. The molecule has 3 saturated heterocycles. The van der Waals surface area contributed by atoms with Gasteiger partial charge in [0.05, 0.1) is 47.9 Å².